The largest absolute Gasteiger partial charge is 0.308 e. The molecule has 4 aromatic rings. The Morgan fingerprint density at radius 3 is 1.45 bits per heavy atom. The highest BCUT2D eigenvalue weighted by atomic mass is 15.3. The van der Waals surface area contributed by atoms with Crippen LogP contribution in [0, 0.1) is 0 Å². The van der Waals surface area contributed by atoms with Crippen LogP contribution in [0.5, 0.6) is 0 Å². The van der Waals surface area contributed by atoms with E-state index in [1.165, 1.54) is 22.3 Å². The quantitative estimate of drug-likeness (QED) is 0.434. The van der Waals surface area contributed by atoms with Crippen molar-refractivity contribution in [1.82, 2.24) is 10.2 Å². The molecule has 5 rings (SSSR count). The Hall–Kier alpha value is -3.20. The van der Waals surface area contributed by atoms with Gasteiger partial charge in [-0.25, -0.2) is 0 Å². The van der Waals surface area contributed by atoms with Crippen molar-refractivity contribution in [2.24, 2.45) is 0 Å². The summed E-state index contributed by atoms with van der Waals surface area (Å²) in [5.74, 6) is 0. The third-order valence-electron chi connectivity index (χ3n) is 6.43. The second-order valence-corrected chi connectivity index (χ2v) is 8.17. The molecule has 0 spiro atoms. The lowest BCUT2D eigenvalue weighted by molar-refractivity contribution is 0.111. The molecule has 0 radical (unpaired) electrons. The maximum absolute atomic E-state index is 3.75. The van der Waals surface area contributed by atoms with E-state index in [0.717, 1.165) is 19.6 Å². The lowest BCUT2D eigenvalue weighted by Crippen LogP contribution is -2.56. The second-order valence-electron chi connectivity index (χ2n) is 8.17. The predicted molar refractivity (Wildman–Crippen MR) is 128 cm³/mol. The van der Waals surface area contributed by atoms with Crippen molar-refractivity contribution in [1.29, 1.82) is 0 Å². The summed E-state index contributed by atoms with van der Waals surface area (Å²) in [6.07, 6.45) is 0. The molecule has 1 N–H and O–H groups in total. The topological polar surface area (TPSA) is 15.3 Å². The van der Waals surface area contributed by atoms with Crippen LogP contribution < -0.4 is 5.32 Å². The molecule has 0 bridgehead atoms. The molecule has 1 aliphatic heterocycles. The van der Waals surface area contributed by atoms with Crippen molar-refractivity contribution in [3.63, 3.8) is 0 Å². The van der Waals surface area contributed by atoms with E-state index in [1.54, 1.807) is 0 Å². The summed E-state index contributed by atoms with van der Waals surface area (Å²) in [6, 6.07) is 44.1. The highest BCUT2D eigenvalue weighted by molar-refractivity contribution is 5.50. The Balaban J connectivity index is 1.70. The third-order valence-corrected chi connectivity index (χ3v) is 6.43. The van der Waals surface area contributed by atoms with E-state index in [9.17, 15) is 0 Å². The van der Waals surface area contributed by atoms with Gasteiger partial charge in [0, 0.05) is 25.7 Å². The lowest BCUT2D eigenvalue weighted by Gasteiger charge is -2.49. The maximum atomic E-state index is 3.75. The lowest BCUT2D eigenvalue weighted by atomic mass is 9.75. The Kier molecular flexibility index (Phi) is 5.66. The van der Waals surface area contributed by atoms with Crippen LogP contribution in [0.4, 0.5) is 0 Å². The zero-order valence-corrected chi connectivity index (χ0v) is 17.7. The molecule has 1 atom stereocenters. The summed E-state index contributed by atoms with van der Waals surface area (Å²) in [4.78, 5) is 2.67. The summed E-state index contributed by atoms with van der Waals surface area (Å²) < 4.78 is 0. The summed E-state index contributed by atoms with van der Waals surface area (Å²) in [5, 5.41) is 3.75. The molecule has 4 aromatic carbocycles. The molecule has 0 amide bonds. The van der Waals surface area contributed by atoms with Crippen LogP contribution in [-0.4, -0.2) is 24.5 Å². The van der Waals surface area contributed by atoms with Crippen molar-refractivity contribution in [3.05, 3.63) is 144 Å². The van der Waals surface area contributed by atoms with E-state index in [-0.39, 0.29) is 5.54 Å². The van der Waals surface area contributed by atoms with E-state index >= 15 is 0 Å². The number of rotatable bonds is 5. The predicted octanol–water partition coefficient (Wildman–Crippen LogP) is 5.63. The fourth-order valence-electron chi connectivity index (χ4n) is 5.05. The molecular weight excluding hydrogens is 376 g/mol. The number of benzene rings is 4. The first-order chi connectivity index (χ1) is 15.4. The number of hydrogen-bond acceptors (Lipinski definition) is 2. The molecule has 0 aliphatic carbocycles. The van der Waals surface area contributed by atoms with Gasteiger partial charge in [0.15, 0.2) is 0 Å². The molecule has 2 nitrogen and oxygen atoms in total. The summed E-state index contributed by atoms with van der Waals surface area (Å²) in [6.45, 7) is 2.86. The minimum absolute atomic E-state index is 0.297. The van der Waals surface area contributed by atoms with Gasteiger partial charge in [0.1, 0.15) is 0 Å². The highest BCUT2D eigenvalue weighted by Crippen LogP contribution is 2.43. The van der Waals surface area contributed by atoms with Crippen molar-refractivity contribution < 1.29 is 0 Å². The normalized spacial score (nSPS) is 17.4. The highest BCUT2D eigenvalue weighted by Gasteiger charge is 2.43. The molecule has 1 aliphatic rings. The van der Waals surface area contributed by atoms with Crippen molar-refractivity contribution in [2.45, 2.75) is 11.6 Å². The number of nitrogens with zero attached hydrogens (tertiary/aromatic N) is 1. The first kappa shape index (κ1) is 19.7. The molecule has 0 aromatic heterocycles. The van der Waals surface area contributed by atoms with Gasteiger partial charge in [0.2, 0.25) is 0 Å². The van der Waals surface area contributed by atoms with Gasteiger partial charge in [-0.15, -0.1) is 0 Å². The summed E-state index contributed by atoms with van der Waals surface area (Å²) in [7, 11) is 0. The average Bonchev–Trinajstić information content (AvgIpc) is 2.87. The van der Waals surface area contributed by atoms with Gasteiger partial charge in [-0.2, -0.15) is 0 Å². The molecule has 1 saturated heterocycles. The van der Waals surface area contributed by atoms with Crippen molar-refractivity contribution >= 4 is 0 Å². The van der Waals surface area contributed by atoms with E-state index in [1.807, 2.05) is 0 Å². The van der Waals surface area contributed by atoms with Gasteiger partial charge in [-0.05, 0) is 22.3 Å². The molecule has 0 unspecified atom stereocenters. The SMILES string of the molecule is c1ccc([C@@H]2CN(C(c3ccccc3)(c3ccccc3)c3ccccc3)CCN2)cc1. The third kappa shape index (κ3) is 3.69. The van der Waals surface area contributed by atoms with Crippen LogP contribution in [-0.2, 0) is 5.54 Å². The first-order valence-corrected chi connectivity index (χ1v) is 11.1. The number of hydrogen-bond donors (Lipinski definition) is 1. The van der Waals surface area contributed by atoms with Gasteiger partial charge in [-0.1, -0.05) is 121 Å². The van der Waals surface area contributed by atoms with Crippen LogP contribution in [0.15, 0.2) is 121 Å². The van der Waals surface area contributed by atoms with Crippen LogP contribution >= 0.6 is 0 Å². The smallest absolute Gasteiger partial charge is 0.0974 e. The van der Waals surface area contributed by atoms with Crippen LogP contribution in [0.1, 0.15) is 28.3 Å². The Labute approximate surface area is 185 Å². The molecule has 1 heterocycles. The Morgan fingerprint density at radius 2 is 1.00 bits per heavy atom. The minimum Gasteiger partial charge on any atom is -0.308 e. The van der Waals surface area contributed by atoms with E-state index < -0.39 is 0 Å². The van der Waals surface area contributed by atoms with Gasteiger partial charge in [-0.3, -0.25) is 4.90 Å². The van der Waals surface area contributed by atoms with Gasteiger partial charge in [0.05, 0.1) is 5.54 Å². The molecule has 31 heavy (non-hydrogen) atoms. The standard InChI is InChI=1S/C29H28N2/c1-5-13-24(14-6-1)28-23-31(22-21-30-28)29(25-15-7-2-8-16-25,26-17-9-3-10-18-26)27-19-11-4-12-20-27/h1-20,28,30H,21-23H2/t28-/m0/s1. The monoisotopic (exact) mass is 404 g/mol. The Bertz CT molecular complexity index is 982. The zero-order valence-electron chi connectivity index (χ0n) is 17.7. The fraction of sp³-hybridized carbons (Fsp3) is 0.172. The number of nitrogens with one attached hydrogen (secondary N) is 1. The molecule has 1 fully saturated rings. The second kappa shape index (κ2) is 8.89. The Morgan fingerprint density at radius 1 is 0.581 bits per heavy atom. The fourth-order valence-corrected chi connectivity index (χ4v) is 5.05. The van der Waals surface area contributed by atoms with Gasteiger partial charge < -0.3 is 5.32 Å². The summed E-state index contributed by atoms with van der Waals surface area (Å²) in [5.41, 5.74) is 4.91. The average molecular weight is 405 g/mol. The molecular formula is C29H28N2. The first-order valence-electron chi connectivity index (χ1n) is 11.1. The maximum Gasteiger partial charge on any atom is 0.0974 e. The van der Waals surface area contributed by atoms with E-state index in [4.69, 9.17) is 0 Å². The van der Waals surface area contributed by atoms with E-state index in [0.29, 0.717) is 6.04 Å². The number of piperazine rings is 1. The van der Waals surface area contributed by atoms with Crippen LogP contribution in [0.3, 0.4) is 0 Å². The zero-order chi connectivity index (χ0) is 20.9. The molecule has 154 valence electrons. The molecule has 0 saturated carbocycles. The molecule has 2 heteroatoms. The van der Waals surface area contributed by atoms with Crippen molar-refractivity contribution in [2.75, 3.05) is 19.6 Å². The van der Waals surface area contributed by atoms with Gasteiger partial charge in [0.25, 0.3) is 0 Å². The van der Waals surface area contributed by atoms with Crippen molar-refractivity contribution in [3.8, 4) is 0 Å². The van der Waals surface area contributed by atoms with E-state index in [2.05, 4.69) is 132 Å². The minimum atomic E-state index is -0.348. The van der Waals surface area contributed by atoms with Crippen LogP contribution in [0.25, 0.3) is 0 Å². The van der Waals surface area contributed by atoms with Gasteiger partial charge >= 0.3 is 0 Å². The van der Waals surface area contributed by atoms with Crippen LogP contribution in [0.2, 0.25) is 0 Å². The summed E-state index contributed by atoms with van der Waals surface area (Å²) >= 11 is 0.